The van der Waals surface area contributed by atoms with Crippen LogP contribution in [0.25, 0.3) is 10.8 Å². The summed E-state index contributed by atoms with van der Waals surface area (Å²) in [6, 6.07) is 10.5. The first kappa shape index (κ1) is 36.8. The van der Waals surface area contributed by atoms with Gasteiger partial charge in [0.15, 0.2) is 23.8 Å². The van der Waals surface area contributed by atoms with E-state index in [0.717, 1.165) is 36.8 Å². The fourth-order valence-electron chi connectivity index (χ4n) is 8.74. The van der Waals surface area contributed by atoms with Gasteiger partial charge in [0.2, 0.25) is 6.29 Å². The van der Waals surface area contributed by atoms with Gasteiger partial charge in [-0.2, -0.15) is 0 Å². The SMILES string of the molecule is COc1cc2c3c(O)c(c(C4CCCC4)cc3c1)C(=O)CN1Cc3c(cccc3C1=O)CC#CO[C@@H]1[C@@H](O)[C@@H](O2)O[C@H](COCC2=C3C(=O)C=CC=C3N=C2)[C@H]1O. The lowest BCUT2D eigenvalue weighted by molar-refractivity contribution is -0.278. The third-order valence-electron chi connectivity index (χ3n) is 11.6. The van der Waals surface area contributed by atoms with Crippen molar-refractivity contribution >= 4 is 34.5 Å². The monoisotopic (exact) mass is 772 g/mol. The van der Waals surface area contributed by atoms with Crippen LogP contribution in [0.5, 0.6) is 17.2 Å². The first-order chi connectivity index (χ1) is 27.7. The highest BCUT2D eigenvalue weighted by molar-refractivity contribution is 6.14. The van der Waals surface area contributed by atoms with Crippen LogP contribution in [0.3, 0.4) is 0 Å². The Labute approximate surface area is 327 Å². The van der Waals surface area contributed by atoms with Gasteiger partial charge in [0.1, 0.15) is 35.6 Å². The predicted octanol–water partition coefficient (Wildman–Crippen LogP) is 4.20. The summed E-state index contributed by atoms with van der Waals surface area (Å²) in [5.74, 6) is 2.16. The molecule has 3 aromatic rings. The number of aliphatic hydroxyl groups is 2. The minimum atomic E-state index is -1.61. The molecule has 292 valence electrons. The van der Waals surface area contributed by atoms with Crippen LogP contribution >= 0.6 is 0 Å². The third kappa shape index (κ3) is 6.58. The van der Waals surface area contributed by atoms with Crippen molar-refractivity contribution in [2.75, 3.05) is 26.9 Å². The van der Waals surface area contributed by atoms with Gasteiger partial charge < -0.3 is 43.9 Å². The summed E-state index contributed by atoms with van der Waals surface area (Å²) in [5.41, 5.74) is 4.34. The molecule has 0 radical (unpaired) electrons. The number of phenols is 1. The Morgan fingerprint density at radius 2 is 1.89 bits per heavy atom. The number of ketones is 2. The van der Waals surface area contributed by atoms with Crippen LogP contribution in [0.15, 0.2) is 76.5 Å². The normalized spacial score (nSPS) is 25.5. The molecule has 0 spiro atoms. The number of aromatic hydroxyl groups is 1. The molecule has 1 saturated heterocycles. The molecule has 6 bridgehead atoms. The summed E-state index contributed by atoms with van der Waals surface area (Å²) in [7, 11) is 1.49. The molecule has 13 nitrogen and oxygen atoms in total. The first-order valence-corrected chi connectivity index (χ1v) is 19.1. The zero-order chi connectivity index (χ0) is 39.4. The molecule has 13 heteroatoms. The summed E-state index contributed by atoms with van der Waals surface area (Å²) in [6.45, 7) is -0.295. The molecule has 2 fully saturated rings. The lowest BCUT2D eigenvalue weighted by Gasteiger charge is -2.41. The number of hydrogen-bond acceptors (Lipinski definition) is 12. The van der Waals surface area contributed by atoms with Gasteiger partial charge in [0, 0.05) is 36.4 Å². The van der Waals surface area contributed by atoms with Crippen molar-refractivity contribution < 1.29 is 53.4 Å². The molecule has 4 aliphatic heterocycles. The topological polar surface area (TPSA) is 174 Å². The van der Waals surface area contributed by atoms with Crippen molar-refractivity contribution in [1.29, 1.82) is 0 Å². The van der Waals surface area contributed by atoms with E-state index in [1.807, 2.05) is 12.1 Å². The summed E-state index contributed by atoms with van der Waals surface area (Å²) >= 11 is 0. The predicted molar refractivity (Wildman–Crippen MR) is 205 cm³/mol. The van der Waals surface area contributed by atoms with Gasteiger partial charge in [-0.15, -0.1) is 0 Å². The van der Waals surface area contributed by atoms with Crippen LogP contribution in [-0.4, -0.2) is 101 Å². The van der Waals surface area contributed by atoms with Crippen molar-refractivity contribution in [3.63, 3.8) is 0 Å². The molecule has 9 rings (SSSR count). The second-order valence-corrected chi connectivity index (χ2v) is 15.1. The Bertz CT molecular complexity index is 2400. The third-order valence-corrected chi connectivity index (χ3v) is 11.6. The molecule has 4 heterocycles. The first-order valence-electron chi connectivity index (χ1n) is 19.1. The van der Waals surface area contributed by atoms with Crippen LogP contribution in [-0.2, 0) is 32.0 Å². The van der Waals surface area contributed by atoms with E-state index in [-0.39, 0.29) is 72.8 Å². The van der Waals surface area contributed by atoms with E-state index in [1.54, 1.807) is 36.6 Å². The number of allylic oxidation sites excluding steroid dienone is 4. The van der Waals surface area contributed by atoms with Gasteiger partial charge in [-0.05, 0) is 71.2 Å². The molecule has 3 aromatic carbocycles. The Kier molecular flexibility index (Phi) is 9.66. The fraction of sp³-hybridized carbons (Fsp3) is 0.364. The molecular weight excluding hydrogens is 732 g/mol. The number of ether oxygens (including phenoxy) is 5. The van der Waals surface area contributed by atoms with E-state index >= 15 is 0 Å². The van der Waals surface area contributed by atoms with Crippen LogP contribution in [0.2, 0.25) is 0 Å². The minimum Gasteiger partial charge on any atom is -0.506 e. The molecule has 57 heavy (non-hydrogen) atoms. The van der Waals surface area contributed by atoms with E-state index in [9.17, 15) is 29.7 Å². The standard InChI is InChI=1S/C44H40N2O11/c1-53-27-15-25-16-29(23-7-2-3-8-23)38-33(48)20-46-19-30-24(9-4-11-28(30)43(46)52)10-6-14-55-42-39(49)35(57-44(41(42)51)56-34(17-27)37(25)40(38)50)22-54-21-26-18-45-31-12-5-13-32(47)36(26)31/h4-5,9,11-13,15-18,23,35,39,41-42,44,49-51H,2-3,7-8,10,19-22H2,1H3/t35-,39-,41-,42+,44+/m1/s1. The number of hydrogen-bond donors (Lipinski definition) is 3. The quantitative estimate of drug-likeness (QED) is 0.307. The van der Waals surface area contributed by atoms with Gasteiger partial charge in [-0.1, -0.05) is 37.0 Å². The number of aliphatic hydroxyl groups excluding tert-OH is 2. The smallest absolute Gasteiger partial charge is 0.254 e. The number of methoxy groups -OCH3 is 1. The molecule has 1 amide bonds. The van der Waals surface area contributed by atoms with Gasteiger partial charge >= 0.3 is 0 Å². The number of rotatable bonds is 6. The van der Waals surface area contributed by atoms with Gasteiger partial charge in [0.05, 0.1) is 49.1 Å². The van der Waals surface area contributed by atoms with Crippen molar-refractivity contribution in [3.05, 3.63) is 99.3 Å². The van der Waals surface area contributed by atoms with E-state index in [0.29, 0.717) is 39.1 Å². The maximum Gasteiger partial charge on any atom is 0.254 e. The van der Waals surface area contributed by atoms with Crippen molar-refractivity contribution in [2.45, 2.75) is 75.3 Å². The number of phenolic OH excluding ortho intramolecular Hbond substituents is 1. The largest absolute Gasteiger partial charge is 0.506 e. The average molecular weight is 773 g/mol. The highest BCUT2D eigenvalue weighted by Gasteiger charge is 2.48. The lowest BCUT2D eigenvalue weighted by atomic mass is 9.87. The molecule has 2 aliphatic carbocycles. The summed E-state index contributed by atoms with van der Waals surface area (Å²) in [5, 5.41) is 36.2. The number of carbonyl (C=O) groups is 3. The Morgan fingerprint density at radius 3 is 2.72 bits per heavy atom. The Morgan fingerprint density at radius 1 is 1.05 bits per heavy atom. The summed E-state index contributed by atoms with van der Waals surface area (Å²) < 4.78 is 30.1. The average Bonchev–Trinajstić information content (AvgIpc) is 3.96. The number of Topliss-reactive ketones (excluding diaryl/α,β-unsaturated/α-hetero) is 1. The fourth-order valence-corrected chi connectivity index (χ4v) is 8.74. The van der Waals surface area contributed by atoms with E-state index in [4.69, 9.17) is 23.7 Å². The second-order valence-electron chi connectivity index (χ2n) is 15.1. The van der Waals surface area contributed by atoms with Crippen molar-refractivity contribution in [2.24, 2.45) is 4.99 Å². The number of fused-ring (bicyclic) bond motifs is 5. The molecule has 0 aromatic heterocycles. The van der Waals surface area contributed by atoms with Crippen molar-refractivity contribution in [3.8, 4) is 29.3 Å². The number of aliphatic imine (C=N–C) groups is 1. The number of carbonyl (C=O) groups excluding carboxylic acids is 3. The second kappa shape index (κ2) is 14.9. The van der Waals surface area contributed by atoms with E-state index < -0.39 is 36.5 Å². The van der Waals surface area contributed by atoms with Gasteiger partial charge in [-0.3, -0.25) is 19.4 Å². The van der Waals surface area contributed by atoms with E-state index in [2.05, 4.69) is 17.0 Å². The maximum absolute atomic E-state index is 14.4. The highest BCUT2D eigenvalue weighted by Crippen LogP contribution is 2.47. The molecule has 5 atom stereocenters. The van der Waals surface area contributed by atoms with Crippen LogP contribution in [0.1, 0.15) is 69.0 Å². The van der Waals surface area contributed by atoms with Crippen LogP contribution in [0, 0.1) is 12.0 Å². The molecular formula is C44H40N2O11. The maximum atomic E-state index is 14.4. The minimum absolute atomic E-state index is 0.00959. The van der Waals surface area contributed by atoms with Gasteiger partial charge in [0.25, 0.3) is 5.91 Å². The molecule has 6 aliphatic rings. The van der Waals surface area contributed by atoms with E-state index in [1.165, 1.54) is 24.2 Å². The summed E-state index contributed by atoms with van der Waals surface area (Å²) in [4.78, 5) is 46.5. The summed E-state index contributed by atoms with van der Waals surface area (Å²) in [6.07, 6.45) is 5.80. The number of nitrogens with zero attached hydrogens (tertiary/aromatic N) is 2. The van der Waals surface area contributed by atoms with Gasteiger partial charge in [-0.25, -0.2) is 0 Å². The zero-order valence-corrected chi connectivity index (χ0v) is 31.1. The number of amides is 1. The Balaban J connectivity index is 1.12. The Hall–Kier alpha value is -5.78. The lowest BCUT2D eigenvalue weighted by Crippen LogP contribution is -2.60. The van der Waals surface area contributed by atoms with Crippen LogP contribution in [0.4, 0.5) is 0 Å². The van der Waals surface area contributed by atoms with Crippen LogP contribution < -0.4 is 9.47 Å². The molecule has 0 unspecified atom stereocenters. The highest BCUT2D eigenvalue weighted by atomic mass is 16.7. The molecule has 1 saturated carbocycles. The number of benzene rings is 3. The van der Waals surface area contributed by atoms with Crippen molar-refractivity contribution in [1.82, 2.24) is 4.90 Å². The zero-order valence-electron chi connectivity index (χ0n) is 31.1. The molecule has 3 N–H and O–H groups in total.